The SMILES string of the molecule is CCN(CC)S(=O)(=O)c1ccc(NC(=O)COC(=O)C2CC(=O)N(Cc3ccco3)C2)cc1. The van der Waals surface area contributed by atoms with Crippen molar-refractivity contribution < 1.29 is 32.0 Å². The number of ether oxygens (including phenoxy) is 1. The van der Waals surface area contributed by atoms with E-state index in [0.717, 1.165) is 0 Å². The summed E-state index contributed by atoms with van der Waals surface area (Å²) in [6, 6.07) is 9.23. The molecule has 1 aromatic heterocycles. The van der Waals surface area contributed by atoms with Crippen molar-refractivity contribution in [2.75, 3.05) is 31.6 Å². The summed E-state index contributed by atoms with van der Waals surface area (Å²) >= 11 is 0. The fourth-order valence-electron chi connectivity index (χ4n) is 3.55. The lowest BCUT2D eigenvalue weighted by atomic mass is 10.1. The molecule has 10 nitrogen and oxygen atoms in total. The number of sulfonamides is 1. The molecule has 1 aliphatic rings. The van der Waals surface area contributed by atoms with Crippen LogP contribution in [0.1, 0.15) is 26.0 Å². The van der Waals surface area contributed by atoms with Gasteiger partial charge in [0.05, 0.1) is 23.6 Å². The Bertz CT molecular complexity index is 1080. The molecule has 0 radical (unpaired) electrons. The Morgan fingerprint density at radius 1 is 1.18 bits per heavy atom. The Kier molecular flexibility index (Phi) is 7.88. The van der Waals surface area contributed by atoms with Gasteiger partial charge in [0.1, 0.15) is 5.76 Å². The molecule has 178 valence electrons. The molecule has 1 N–H and O–H groups in total. The average molecular weight is 478 g/mol. The third-order valence-electron chi connectivity index (χ3n) is 5.30. The number of anilines is 1. The maximum absolute atomic E-state index is 12.5. The lowest BCUT2D eigenvalue weighted by Gasteiger charge is -2.18. The molecule has 2 aromatic rings. The maximum atomic E-state index is 12.5. The lowest BCUT2D eigenvalue weighted by Crippen LogP contribution is -2.30. The Balaban J connectivity index is 1.48. The van der Waals surface area contributed by atoms with Gasteiger partial charge in [-0.1, -0.05) is 13.8 Å². The van der Waals surface area contributed by atoms with E-state index in [2.05, 4.69) is 5.32 Å². The minimum absolute atomic E-state index is 0.0175. The predicted octanol–water partition coefficient (Wildman–Crippen LogP) is 1.84. The van der Waals surface area contributed by atoms with E-state index in [1.807, 2.05) is 0 Å². The molecule has 0 spiro atoms. The van der Waals surface area contributed by atoms with Crippen LogP contribution in [0.4, 0.5) is 5.69 Å². The van der Waals surface area contributed by atoms with Gasteiger partial charge in [-0.05, 0) is 36.4 Å². The number of hydrogen-bond acceptors (Lipinski definition) is 7. The second-order valence-electron chi connectivity index (χ2n) is 7.52. The van der Waals surface area contributed by atoms with Gasteiger partial charge in [0.2, 0.25) is 15.9 Å². The van der Waals surface area contributed by atoms with Crippen molar-refractivity contribution in [1.82, 2.24) is 9.21 Å². The minimum atomic E-state index is -3.59. The van der Waals surface area contributed by atoms with Gasteiger partial charge in [-0.3, -0.25) is 14.4 Å². The van der Waals surface area contributed by atoms with Crippen molar-refractivity contribution >= 4 is 33.5 Å². The van der Waals surface area contributed by atoms with E-state index in [1.165, 1.54) is 39.7 Å². The number of rotatable bonds is 10. The fraction of sp³-hybridized carbons (Fsp3) is 0.409. The summed E-state index contributed by atoms with van der Waals surface area (Å²) in [5, 5.41) is 2.56. The molecular formula is C22H27N3O7S. The number of nitrogens with zero attached hydrogens (tertiary/aromatic N) is 2. The number of carbonyl (C=O) groups is 3. The molecule has 1 aliphatic heterocycles. The number of nitrogens with one attached hydrogen (secondary N) is 1. The zero-order chi connectivity index (χ0) is 24.0. The maximum Gasteiger partial charge on any atom is 0.311 e. The Morgan fingerprint density at radius 3 is 2.48 bits per heavy atom. The summed E-state index contributed by atoms with van der Waals surface area (Å²) < 4.78 is 36.7. The first kappa shape index (κ1) is 24.5. The number of hydrogen-bond donors (Lipinski definition) is 1. The van der Waals surface area contributed by atoms with Crippen LogP contribution in [0, 0.1) is 5.92 Å². The van der Waals surface area contributed by atoms with Crippen molar-refractivity contribution in [2.45, 2.75) is 31.7 Å². The van der Waals surface area contributed by atoms with E-state index in [9.17, 15) is 22.8 Å². The quantitative estimate of drug-likeness (QED) is 0.518. The van der Waals surface area contributed by atoms with Gasteiger partial charge < -0.3 is 19.4 Å². The number of furan rings is 1. The van der Waals surface area contributed by atoms with Gasteiger partial charge in [0, 0.05) is 31.7 Å². The van der Waals surface area contributed by atoms with Crippen LogP contribution >= 0.6 is 0 Å². The number of carbonyl (C=O) groups excluding carboxylic acids is 3. The minimum Gasteiger partial charge on any atom is -0.467 e. The van der Waals surface area contributed by atoms with Crippen LogP contribution in [-0.4, -0.2) is 61.6 Å². The molecule has 33 heavy (non-hydrogen) atoms. The van der Waals surface area contributed by atoms with Gasteiger partial charge in [-0.25, -0.2) is 8.42 Å². The second-order valence-corrected chi connectivity index (χ2v) is 9.46. The molecule has 0 bridgehead atoms. The highest BCUT2D eigenvalue weighted by Crippen LogP contribution is 2.22. The molecular weight excluding hydrogens is 450 g/mol. The molecule has 2 amide bonds. The third-order valence-corrected chi connectivity index (χ3v) is 7.37. The largest absolute Gasteiger partial charge is 0.467 e. The zero-order valence-corrected chi connectivity index (χ0v) is 19.3. The third kappa shape index (κ3) is 5.99. The van der Waals surface area contributed by atoms with Crippen molar-refractivity contribution in [3.8, 4) is 0 Å². The van der Waals surface area contributed by atoms with E-state index in [4.69, 9.17) is 9.15 Å². The fourth-order valence-corrected chi connectivity index (χ4v) is 5.01. The van der Waals surface area contributed by atoms with E-state index in [-0.39, 0.29) is 30.3 Å². The van der Waals surface area contributed by atoms with Crippen LogP contribution in [0.15, 0.2) is 52.0 Å². The number of likely N-dealkylation sites (tertiary alicyclic amines) is 1. The van der Waals surface area contributed by atoms with Crippen LogP contribution in [0.5, 0.6) is 0 Å². The number of esters is 1. The molecule has 1 unspecified atom stereocenters. The molecule has 1 aromatic carbocycles. The van der Waals surface area contributed by atoms with Gasteiger partial charge >= 0.3 is 5.97 Å². The van der Waals surface area contributed by atoms with E-state index in [1.54, 1.807) is 26.0 Å². The first-order valence-electron chi connectivity index (χ1n) is 10.6. The van der Waals surface area contributed by atoms with Crippen LogP contribution in [0.25, 0.3) is 0 Å². The number of amides is 2. The highest BCUT2D eigenvalue weighted by Gasteiger charge is 2.36. The van der Waals surface area contributed by atoms with Crippen molar-refractivity contribution in [1.29, 1.82) is 0 Å². The number of benzene rings is 1. The molecule has 11 heteroatoms. The molecule has 1 atom stereocenters. The smallest absolute Gasteiger partial charge is 0.311 e. The van der Waals surface area contributed by atoms with Crippen molar-refractivity contribution in [3.63, 3.8) is 0 Å². The van der Waals surface area contributed by atoms with Gasteiger partial charge in [0.25, 0.3) is 5.91 Å². The zero-order valence-electron chi connectivity index (χ0n) is 18.5. The summed E-state index contributed by atoms with van der Waals surface area (Å²) in [5.74, 6) is -1.41. The first-order chi connectivity index (χ1) is 15.7. The Hall–Kier alpha value is -3.18. The molecule has 0 saturated carbocycles. The van der Waals surface area contributed by atoms with E-state index >= 15 is 0 Å². The highest BCUT2D eigenvalue weighted by atomic mass is 32.2. The average Bonchev–Trinajstić information content (AvgIpc) is 3.43. The summed E-state index contributed by atoms with van der Waals surface area (Å²) in [6.07, 6.45) is 1.53. The van der Waals surface area contributed by atoms with Crippen LogP contribution in [0.2, 0.25) is 0 Å². The molecule has 1 fully saturated rings. The summed E-state index contributed by atoms with van der Waals surface area (Å²) in [7, 11) is -3.59. The normalized spacial score (nSPS) is 16.3. The molecule has 1 saturated heterocycles. The Morgan fingerprint density at radius 2 is 1.88 bits per heavy atom. The van der Waals surface area contributed by atoms with E-state index in [0.29, 0.717) is 24.5 Å². The summed E-state index contributed by atoms with van der Waals surface area (Å²) in [6.45, 7) is 4.19. The molecule has 0 aliphatic carbocycles. The monoisotopic (exact) mass is 477 g/mol. The topological polar surface area (TPSA) is 126 Å². The van der Waals surface area contributed by atoms with E-state index < -0.39 is 34.4 Å². The van der Waals surface area contributed by atoms with Crippen LogP contribution in [-0.2, 0) is 35.7 Å². The lowest BCUT2D eigenvalue weighted by molar-refractivity contribution is -0.151. The standard InChI is InChI=1S/C22H27N3O7S/c1-3-25(4-2)33(29,30)19-9-7-17(8-10-19)23-20(26)15-32-22(28)16-12-21(27)24(13-16)14-18-6-5-11-31-18/h5-11,16H,3-4,12-15H2,1-2H3,(H,23,26). The summed E-state index contributed by atoms with van der Waals surface area (Å²) in [4.78, 5) is 38.2. The highest BCUT2D eigenvalue weighted by molar-refractivity contribution is 7.89. The second kappa shape index (κ2) is 10.6. The molecule has 3 rings (SSSR count). The van der Waals surface area contributed by atoms with Crippen molar-refractivity contribution in [2.24, 2.45) is 5.92 Å². The van der Waals surface area contributed by atoms with Gasteiger partial charge in [-0.2, -0.15) is 4.31 Å². The van der Waals surface area contributed by atoms with Crippen molar-refractivity contribution in [3.05, 3.63) is 48.4 Å². The van der Waals surface area contributed by atoms with Gasteiger partial charge in [-0.15, -0.1) is 0 Å². The predicted molar refractivity (Wildman–Crippen MR) is 118 cm³/mol. The molecule has 2 heterocycles. The summed E-state index contributed by atoms with van der Waals surface area (Å²) in [5.41, 5.74) is 0.371. The Labute approximate surface area is 192 Å². The van der Waals surface area contributed by atoms with Crippen LogP contribution < -0.4 is 5.32 Å². The first-order valence-corrected chi connectivity index (χ1v) is 12.1. The van der Waals surface area contributed by atoms with Crippen LogP contribution in [0.3, 0.4) is 0 Å². The van der Waals surface area contributed by atoms with Gasteiger partial charge in [0.15, 0.2) is 6.61 Å².